The Balaban J connectivity index is 2.40. The van der Waals surface area contributed by atoms with Gasteiger partial charge in [-0.3, -0.25) is 0 Å². The van der Waals surface area contributed by atoms with Crippen LogP contribution in [0.4, 0.5) is 0 Å². The summed E-state index contributed by atoms with van der Waals surface area (Å²) in [5.41, 5.74) is 1.37. The maximum atomic E-state index is 5.76. The molecule has 0 N–H and O–H groups in total. The van der Waals surface area contributed by atoms with Gasteiger partial charge in [0, 0.05) is 16.2 Å². The van der Waals surface area contributed by atoms with Crippen molar-refractivity contribution in [1.82, 2.24) is 0 Å². The standard InChI is InChI=1S/C14H18Br2O2/c1-14(2,4-5-15)10-8-12-13(9-11(10)16)18-7-3-6-17-12/h8-9H,3-7H2,1-2H3. The normalized spacial score (nSPS) is 15.3. The molecule has 18 heavy (non-hydrogen) atoms. The van der Waals surface area contributed by atoms with Gasteiger partial charge in [-0.1, -0.05) is 45.7 Å². The van der Waals surface area contributed by atoms with Crippen molar-refractivity contribution in [3.05, 3.63) is 22.2 Å². The Morgan fingerprint density at radius 2 is 1.78 bits per heavy atom. The predicted octanol–water partition coefficient (Wildman–Crippen LogP) is 4.67. The molecule has 1 aromatic rings. The van der Waals surface area contributed by atoms with E-state index in [0.29, 0.717) is 0 Å². The summed E-state index contributed by atoms with van der Waals surface area (Å²) in [6.45, 7) is 5.95. The highest BCUT2D eigenvalue weighted by molar-refractivity contribution is 9.10. The number of benzene rings is 1. The summed E-state index contributed by atoms with van der Waals surface area (Å²) in [6, 6.07) is 4.15. The summed E-state index contributed by atoms with van der Waals surface area (Å²) in [6.07, 6.45) is 2.01. The van der Waals surface area contributed by atoms with Crippen LogP contribution in [0.1, 0.15) is 32.3 Å². The van der Waals surface area contributed by atoms with Crippen molar-refractivity contribution in [3.8, 4) is 11.5 Å². The summed E-state index contributed by atoms with van der Waals surface area (Å²) >= 11 is 7.18. The molecular formula is C14H18Br2O2. The molecule has 0 atom stereocenters. The highest BCUT2D eigenvalue weighted by Crippen LogP contribution is 2.41. The predicted molar refractivity (Wildman–Crippen MR) is 81.2 cm³/mol. The van der Waals surface area contributed by atoms with E-state index < -0.39 is 0 Å². The molecule has 4 heteroatoms. The molecule has 0 saturated heterocycles. The van der Waals surface area contributed by atoms with Crippen LogP contribution in [0.15, 0.2) is 16.6 Å². The van der Waals surface area contributed by atoms with Crippen LogP contribution < -0.4 is 9.47 Å². The van der Waals surface area contributed by atoms with E-state index in [4.69, 9.17) is 9.47 Å². The topological polar surface area (TPSA) is 18.5 Å². The van der Waals surface area contributed by atoms with E-state index >= 15 is 0 Å². The number of alkyl halides is 1. The van der Waals surface area contributed by atoms with Crippen LogP contribution in [0.25, 0.3) is 0 Å². The fourth-order valence-corrected chi connectivity index (χ4v) is 3.92. The van der Waals surface area contributed by atoms with E-state index in [2.05, 4.69) is 51.8 Å². The SMILES string of the molecule is CC(C)(CCBr)c1cc2c(cc1Br)OCCCO2. The van der Waals surface area contributed by atoms with Crippen LogP contribution >= 0.6 is 31.9 Å². The largest absolute Gasteiger partial charge is 0.490 e. The second kappa shape index (κ2) is 5.83. The first-order chi connectivity index (χ1) is 8.54. The smallest absolute Gasteiger partial charge is 0.162 e. The molecule has 1 heterocycles. The van der Waals surface area contributed by atoms with Crippen molar-refractivity contribution in [3.63, 3.8) is 0 Å². The highest BCUT2D eigenvalue weighted by Gasteiger charge is 2.25. The van der Waals surface area contributed by atoms with E-state index in [1.807, 2.05) is 6.07 Å². The Labute approximate surface area is 125 Å². The summed E-state index contributed by atoms with van der Waals surface area (Å²) in [4.78, 5) is 0. The first-order valence-corrected chi connectivity index (χ1v) is 8.11. The van der Waals surface area contributed by atoms with Crippen molar-refractivity contribution >= 4 is 31.9 Å². The molecule has 0 aliphatic carbocycles. The molecule has 0 radical (unpaired) electrons. The van der Waals surface area contributed by atoms with Gasteiger partial charge in [0.1, 0.15) is 0 Å². The maximum Gasteiger partial charge on any atom is 0.162 e. The summed E-state index contributed by atoms with van der Waals surface area (Å²) in [5.74, 6) is 1.71. The van der Waals surface area contributed by atoms with Crippen molar-refractivity contribution in [2.24, 2.45) is 0 Å². The summed E-state index contributed by atoms with van der Waals surface area (Å²) in [5, 5.41) is 0.987. The number of ether oxygens (including phenoxy) is 2. The summed E-state index contributed by atoms with van der Waals surface area (Å²) < 4.78 is 12.5. The second-order valence-electron chi connectivity index (χ2n) is 5.15. The van der Waals surface area contributed by atoms with Crippen molar-refractivity contribution in [1.29, 1.82) is 0 Å². The van der Waals surface area contributed by atoms with E-state index in [1.54, 1.807) is 0 Å². The van der Waals surface area contributed by atoms with Gasteiger partial charge < -0.3 is 9.47 Å². The third-order valence-corrected chi connectivity index (χ3v) is 4.34. The first-order valence-electron chi connectivity index (χ1n) is 6.20. The van der Waals surface area contributed by atoms with Gasteiger partial charge in [-0.15, -0.1) is 0 Å². The van der Waals surface area contributed by atoms with Gasteiger partial charge in [0.25, 0.3) is 0 Å². The Morgan fingerprint density at radius 3 is 2.39 bits per heavy atom. The van der Waals surface area contributed by atoms with E-state index in [0.717, 1.165) is 47.4 Å². The lowest BCUT2D eigenvalue weighted by Gasteiger charge is -2.26. The van der Waals surface area contributed by atoms with Crippen LogP contribution in [-0.2, 0) is 5.41 Å². The molecule has 1 aromatic carbocycles. The van der Waals surface area contributed by atoms with E-state index in [-0.39, 0.29) is 5.41 Å². The highest BCUT2D eigenvalue weighted by atomic mass is 79.9. The Bertz CT molecular complexity index is 430. The van der Waals surface area contributed by atoms with Crippen molar-refractivity contribution in [2.45, 2.75) is 32.1 Å². The number of halogens is 2. The van der Waals surface area contributed by atoms with Crippen LogP contribution in [-0.4, -0.2) is 18.5 Å². The Kier molecular flexibility index (Phi) is 4.59. The lowest BCUT2D eigenvalue weighted by Crippen LogP contribution is -2.18. The lowest BCUT2D eigenvalue weighted by atomic mass is 9.82. The molecule has 0 saturated carbocycles. The van der Waals surface area contributed by atoms with Gasteiger partial charge in [-0.2, -0.15) is 0 Å². The average Bonchev–Trinajstić information content (AvgIpc) is 2.52. The Morgan fingerprint density at radius 1 is 1.17 bits per heavy atom. The second-order valence-corrected chi connectivity index (χ2v) is 6.80. The minimum absolute atomic E-state index is 0.104. The number of hydrogen-bond donors (Lipinski definition) is 0. The van der Waals surface area contributed by atoms with Crippen molar-refractivity contribution < 1.29 is 9.47 Å². The van der Waals surface area contributed by atoms with Crippen molar-refractivity contribution in [2.75, 3.05) is 18.5 Å². The quantitative estimate of drug-likeness (QED) is 0.712. The number of fused-ring (bicyclic) bond motifs is 1. The van der Waals surface area contributed by atoms with Gasteiger partial charge >= 0.3 is 0 Å². The van der Waals surface area contributed by atoms with E-state index in [9.17, 15) is 0 Å². The van der Waals surface area contributed by atoms with Crippen LogP contribution in [0.3, 0.4) is 0 Å². The van der Waals surface area contributed by atoms with Crippen LogP contribution in [0.5, 0.6) is 11.5 Å². The number of hydrogen-bond acceptors (Lipinski definition) is 2. The molecule has 0 spiro atoms. The van der Waals surface area contributed by atoms with Gasteiger partial charge in [0.05, 0.1) is 13.2 Å². The van der Waals surface area contributed by atoms with Gasteiger partial charge in [0.2, 0.25) is 0 Å². The minimum Gasteiger partial charge on any atom is -0.490 e. The molecule has 1 aliphatic heterocycles. The molecule has 2 nitrogen and oxygen atoms in total. The maximum absolute atomic E-state index is 5.76. The molecule has 2 rings (SSSR count). The summed E-state index contributed by atoms with van der Waals surface area (Å²) in [7, 11) is 0. The zero-order valence-electron chi connectivity index (χ0n) is 10.8. The molecule has 0 bridgehead atoms. The molecular weight excluding hydrogens is 360 g/mol. The minimum atomic E-state index is 0.104. The van der Waals surface area contributed by atoms with E-state index in [1.165, 1.54) is 5.56 Å². The van der Waals surface area contributed by atoms with Crippen LogP contribution in [0, 0.1) is 0 Å². The lowest BCUT2D eigenvalue weighted by molar-refractivity contribution is 0.296. The first kappa shape index (κ1) is 14.2. The third kappa shape index (κ3) is 3.02. The monoisotopic (exact) mass is 376 g/mol. The molecule has 0 amide bonds. The van der Waals surface area contributed by atoms with Crippen LogP contribution in [0.2, 0.25) is 0 Å². The Hall–Kier alpha value is -0.220. The average molecular weight is 378 g/mol. The van der Waals surface area contributed by atoms with Gasteiger partial charge in [-0.25, -0.2) is 0 Å². The molecule has 100 valence electrons. The fourth-order valence-electron chi connectivity index (χ4n) is 2.07. The zero-order chi connectivity index (χ0) is 13.2. The fraction of sp³-hybridized carbons (Fsp3) is 0.571. The van der Waals surface area contributed by atoms with Gasteiger partial charge in [-0.05, 0) is 29.5 Å². The molecule has 0 fully saturated rings. The molecule has 0 aromatic heterocycles. The van der Waals surface area contributed by atoms with Gasteiger partial charge in [0.15, 0.2) is 11.5 Å². The third-order valence-electron chi connectivity index (χ3n) is 3.29. The number of rotatable bonds is 3. The molecule has 0 unspecified atom stereocenters. The zero-order valence-corrected chi connectivity index (χ0v) is 13.9. The molecule has 1 aliphatic rings.